The van der Waals surface area contributed by atoms with E-state index < -0.39 is 46.7 Å². The number of halogens is 4. The van der Waals surface area contributed by atoms with Crippen LogP contribution in [0.1, 0.15) is 10.4 Å². The first-order chi connectivity index (χ1) is 8.73. The van der Waals surface area contributed by atoms with Crippen LogP contribution in [0, 0.1) is 21.7 Å². The van der Waals surface area contributed by atoms with Gasteiger partial charge in [-0.15, -0.1) is 0 Å². The highest BCUT2D eigenvalue weighted by Gasteiger charge is 2.24. The number of benzene rings is 1. The van der Waals surface area contributed by atoms with Crippen molar-refractivity contribution in [3.8, 4) is 0 Å². The van der Waals surface area contributed by atoms with E-state index in [2.05, 4.69) is 0 Å². The molecule has 5 nitrogen and oxygen atoms in total. The molecule has 1 amide bonds. The molecule has 1 rings (SSSR count). The summed E-state index contributed by atoms with van der Waals surface area (Å²) in [4.78, 5) is 21.2. The molecule has 0 aliphatic heterocycles. The van der Waals surface area contributed by atoms with Crippen LogP contribution in [0.4, 0.5) is 23.2 Å². The molecule has 1 aromatic rings. The molecule has 0 saturated carbocycles. The third-order valence-electron chi connectivity index (χ3n) is 2.22. The van der Waals surface area contributed by atoms with Gasteiger partial charge in [0.1, 0.15) is 5.82 Å². The molecule has 0 aromatic heterocycles. The van der Waals surface area contributed by atoms with Gasteiger partial charge >= 0.3 is 5.69 Å². The maximum atomic E-state index is 13.4. The van der Waals surface area contributed by atoms with Gasteiger partial charge in [0.05, 0.1) is 23.1 Å². The lowest BCUT2D eigenvalue weighted by Gasteiger charge is -2.16. The molecule has 0 saturated heterocycles. The Labute approximate surface area is 104 Å². The molecule has 104 valence electrons. The normalized spacial score (nSPS) is 10.6. The average Bonchev–Trinajstić information content (AvgIpc) is 2.29. The van der Waals surface area contributed by atoms with Crippen molar-refractivity contribution in [3.63, 3.8) is 0 Å². The first-order valence-corrected chi connectivity index (χ1v) is 4.91. The number of rotatable bonds is 4. The Bertz CT molecular complexity index is 522. The van der Waals surface area contributed by atoms with Crippen molar-refractivity contribution >= 4 is 11.6 Å². The minimum Gasteiger partial charge on any atom is -0.336 e. The molecule has 0 bridgehead atoms. The predicted molar refractivity (Wildman–Crippen MR) is 56.0 cm³/mol. The summed E-state index contributed by atoms with van der Waals surface area (Å²) in [6.07, 6.45) is -2.83. The summed E-state index contributed by atoms with van der Waals surface area (Å²) in [5.74, 6) is -3.95. The lowest BCUT2D eigenvalue weighted by atomic mass is 10.1. The van der Waals surface area contributed by atoms with Crippen molar-refractivity contribution < 1.29 is 27.3 Å². The van der Waals surface area contributed by atoms with E-state index in [-0.39, 0.29) is 6.07 Å². The van der Waals surface area contributed by atoms with E-state index in [1.165, 1.54) is 0 Å². The number of hydrogen-bond acceptors (Lipinski definition) is 3. The summed E-state index contributed by atoms with van der Waals surface area (Å²) >= 11 is 0. The lowest BCUT2D eigenvalue weighted by molar-refractivity contribution is -0.387. The highest BCUT2D eigenvalue weighted by molar-refractivity contribution is 5.94. The molecule has 0 aliphatic rings. The number of carbonyl (C=O) groups excluding carboxylic acids is 1. The quantitative estimate of drug-likeness (QED) is 0.482. The van der Waals surface area contributed by atoms with E-state index in [0.717, 1.165) is 7.05 Å². The van der Waals surface area contributed by atoms with Crippen molar-refractivity contribution in [3.05, 3.63) is 39.4 Å². The number of nitro benzene ring substituents is 1. The maximum Gasteiger partial charge on any atom is 0.307 e. The molecule has 19 heavy (non-hydrogen) atoms. The number of carbonyl (C=O) groups is 1. The Kier molecular flexibility index (Phi) is 4.41. The fourth-order valence-electron chi connectivity index (χ4n) is 1.34. The van der Waals surface area contributed by atoms with Crippen LogP contribution in [-0.2, 0) is 0 Å². The van der Waals surface area contributed by atoms with Crippen LogP contribution in [0.2, 0.25) is 0 Å². The van der Waals surface area contributed by atoms with E-state index in [0.29, 0.717) is 11.0 Å². The summed E-state index contributed by atoms with van der Waals surface area (Å²) < 4.78 is 50.8. The van der Waals surface area contributed by atoms with E-state index in [1.54, 1.807) is 0 Å². The van der Waals surface area contributed by atoms with Gasteiger partial charge in [0.2, 0.25) is 5.82 Å². The summed E-state index contributed by atoms with van der Waals surface area (Å²) in [6, 6.07) is 0.552. The number of nitro groups is 1. The van der Waals surface area contributed by atoms with Gasteiger partial charge in [-0.25, -0.2) is 13.2 Å². The Morgan fingerprint density at radius 1 is 1.37 bits per heavy atom. The molecule has 0 unspecified atom stereocenters. The van der Waals surface area contributed by atoms with Gasteiger partial charge in [0.25, 0.3) is 12.3 Å². The zero-order chi connectivity index (χ0) is 14.7. The van der Waals surface area contributed by atoms with E-state index in [9.17, 15) is 32.5 Å². The molecule has 0 spiro atoms. The number of hydrogen-bond donors (Lipinski definition) is 0. The first kappa shape index (κ1) is 14.9. The Morgan fingerprint density at radius 2 is 1.95 bits per heavy atom. The second-order valence-electron chi connectivity index (χ2n) is 3.62. The van der Waals surface area contributed by atoms with E-state index in [1.807, 2.05) is 0 Å². The highest BCUT2D eigenvalue weighted by atomic mass is 19.3. The van der Waals surface area contributed by atoms with Crippen LogP contribution in [0.3, 0.4) is 0 Å². The minimum atomic E-state index is -2.83. The van der Waals surface area contributed by atoms with Gasteiger partial charge < -0.3 is 4.90 Å². The van der Waals surface area contributed by atoms with Crippen LogP contribution in [0.25, 0.3) is 0 Å². The number of alkyl halides is 2. The molecule has 1 aromatic carbocycles. The summed E-state index contributed by atoms with van der Waals surface area (Å²) in [5, 5.41) is 10.3. The maximum absolute atomic E-state index is 13.4. The summed E-state index contributed by atoms with van der Waals surface area (Å²) in [5.41, 5.74) is -1.98. The van der Waals surface area contributed by atoms with E-state index >= 15 is 0 Å². The van der Waals surface area contributed by atoms with Gasteiger partial charge in [0.15, 0.2) is 0 Å². The van der Waals surface area contributed by atoms with Gasteiger partial charge in [-0.1, -0.05) is 0 Å². The summed E-state index contributed by atoms with van der Waals surface area (Å²) in [6.45, 7) is -0.961. The van der Waals surface area contributed by atoms with Crippen molar-refractivity contribution in [1.82, 2.24) is 4.90 Å². The van der Waals surface area contributed by atoms with Crippen molar-refractivity contribution in [1.29, 1.82) is 0 Å². The van der Waals surface area contributed by atoms with Crippen molar-refractivity contribution in [2.45, 2.75) is 6.43 Å². The monoisotopic (exact) mass is 280 g/mol. The highest BCUT2D eigenvalue weighted by Crippen LogP contribution is 2.22. The third-order valence-corrected chi connectivity index (χ3v) is 2.22. The fraction of sp³-hybridized carbons (Fsp3) is 0.300. The first-order valence-electron chi connectivity index (χ1n) is 4.91. The second kappa shape index (κ2) is 5.63. The molecule has 0 atom stereocenters. The molecule has 9 heteroatoms. The van der Waals surface area contributed by atoms with Crippen LogP contribution < -0.4 is 0 Å². The molecular formula is C10H8F4N2O3. The smallest absolute Gasteiger partial charge is 0.307 e. The minimum absolute atomic E-state index is 0.235. The SMILES string of the molecule is CN(CC(F)F)C(=O)c1cc(F)c([N+](=O)[O-])cc1F. The number of amides is 1. The Hall–Kier alpha value is -2.19. The predicted octanol–water partition coefficient (Wildman–Crippen LogP) is 2.21. The van der Waals surface area contributed by atoms with Crippen molar-refractivity contribution in [2.75, 3.05) is 13.6 Å². The summed E-state index contributed by atoms with van der Waals surface area (Å²) in [7, 11) is 0.979. The Balaban J connectivity index is 3.11. The van der Waals surface area contributed by atoms with Gasteiger partial charge in [0, 0.05) is 7.05 Å². The van der Waals surface area contributed by atoms with Crippen LogP contribution >= 0.6 is 0 Å². The number of nitrogens with zero attached hydrogens (tertiary/aromatic N) is 2. The third kappa shape index (κ3) is 3.39. The molecular weight excluding hydrogens is 272 g/mol. The van der Waals surface area contributed by atoms with Gasteiger partial charge in [-0.2, -0.15) is 4.39 Å². The molecule has 0 heterocycles. The van der Waals surface area contributed by atoms with Crippen molar-refractivity contribution in [2.24, 2.45) is 0 Å². The molecule has 0 radical (unpaired) electrons. The zero-order valence-corrected chi connectivity index (χ0v) is 9.57. The molecule has 0 fully saturated rings. The van der Waals surface area contributed by atoms with E-state index in [4.69, 9.17) is 0 Å². The zero-order valence-electron chi connectivity index (χ0n) is 9.57. The Morgan fingerprint density at radius 3 is 2.42 bits per heavy atom. The molecule has 0 N–H and O–H groups in total. The topological polar surface area (TPSA) is 63.5 Å². The van der Waals surface area contributed by atoms with Gasteiger partial charge in [-0.05, 0) is 6.07 Å². The van der Waals surface area contributed by atoms with Crippen LogP contribution in [0.15, 0.2) is 12.1 Å². The van der Waals surface area contributed by atoms with Gasteiger partial charge in [-0.3, -0.25) is 14.9 Å². The van der Waals surface area contributed by atoms with Crippen LogP contribution in [-0.4, -0.2) is 35.7 Å². The largest absolute Gasteiger partial charge is 0.336 e. The second-order valence-corrected chi connectivity index (χ2v) is 3.62. The van der Waals surface area contributed by atoms with Crippen LogP contribution in [0.5, 0.6) is 0 Å². The lowest BCUT2D eigenvalue weighted by Crippen LogP contribution is -2.32. The standard InChI is InChI=1S/C10H8F4N2O3/c1-15(4-9(13)14)10(17)5-2-7(12)8(16(18)19)3-6(5)11/h2-3,9H,4H2,1H3. The average molecular weight is 280 g/mol. The fourth-order valence-corrected chi connectivity index (χ4v) is 1.34. The molecule has 0 aliphatic carbocycles.